The second-order valence-electron chi connectivity index (χ2n) is 5.91. The Labute approximate surface area is 139 Å². The van der Waals surface area contributed by atoms with Gasteiger partial charge < -0.3 is 29.5 Å². The summed E-state index contributed by atoms with van der Waals surface area (Å²) < 4.78 is 16.2. The molecule has 1 aliphatic heterocycles. The second-order valence-corrected chi connectivity index (χ2v) is 5.91. The van der Waals surface area contributed by atoms with Crippen LogP contribution in [-0.2, 0) is 11.2 Å². The summed E-state index contributed by atoms with van der Waals surface area (Å²) in [7, 11) is 2.99. The molecule has 2 aromatic rings. The Balaban J connectivity index is 1.92. The van der Waals surface area contributed by atoms with Gasteiger partial charge in [0.2, 0.25) is 0 Å². The zero-order valence-electron chi connectivity index (χ0n) is 13.5. The monoisotopic (exact) mass is 332 g/mol. The smallest absolute Gasteiger partial charge is 0.160 e. The number of aliphatic hydroxyl groups is 1. The maximum atomic E-state index is 11.1. The number of phenolic OH excluding ortho intramolecular Hbond substituents is 2. The highest BCUT2D eigenvalue weighted by atomic mass is 16.5. The Morgan fingerprint density at radius 3 is 2.62 bits per heavy atom. The van der Waals surface area contributed by atoms with Crippen LogP contribution in [-0.4, -0.2) is 41.7 Å². The largest absolute Gasteiger partial charge is 0.508 e. The first-order chi connectivity index (χ1) is 11.5. The molecule has 6 heteroatoms. The summed E-state index contributed by atoms with van der Waals surface area (Å²) in [4.78, 5) is 0. The normalized spacial score (nSPS) is 22.5. The highest BCUT2D eigenvalue weighted by Gasteiger charge is 2.44. The van der Waals surface area contributed by atoms with E-state index in [0.29, 0.717) is 17.1 Å². The molecule has 1 heterocycles. The number of aromatic hydroxyl groups is 2. The molecule has 0 saturated heterocycles. The van der Waals surface area contributed by atoms with Crippen LogP contribution >= 0.6 is 0 Å². The number of ether oxygens (including phenoxy) is 3. The number of phenols is 2. The van der Waals surface area contributed by atoms with E-state index >= 15 is 0 Å². The quantitative estimate of drug-likeness (QED) is 0.795. The first-order valence-electron chi connectivity index (χ1n) is 7.53. The summed E-state index contributed by atoms with van der Waals surface area (Å²) >= 11 is 0. The molecule has 3 N–H and O–H groups in total. The van der Waals surface area contributed by atoms with Crippen LogP contribution < -0.4 is 9.47 Å². The maximum Gasteiger partial charge on any atom is 0.160 e. The van der Waals surface area contributed by atoms with Gasteiger partial charge in [0, 0.05) is 25.2 Å². The van der Waals surface area contributed by atoms with Crippen LogP contribution in [0.4, 0.5) is 0 Å². The molecule has 24 heavy (non-hydrogen) atoms. The molecular weight excluding hydrogens is 312 g/mol. The van der Waals surface area contributed by atoms with Crippen LogP contribution in [0.15, 0.2) is 36.4 Å². The fourth-order valence-corrected chi connectivity index (χ4v) is 3.12. The van der Waals surface area contributed by atoms with Gasteiger partial charge in [-0.2, -0.15) is 0 Å². The van der Waals surface area contributed by atoms with Crippen LogP contribution in [0.3, 0.4) is 0 Å². The van der Waals surface area contributed by atoms with Crippen molar-refractivity contribution in [2.45, 2.75) is 18.1 Å². The van der Waals surface area contributed by atoms with Gasteiger partial charge in [-0.05, 0) is 29.8 Å². The van der Waals surface area contributed by atoms with E-state index in [4.69, 9.17) is 14.2 Å². The maximum absolute atomic E-state index is 11.1. The Morgan fingerprint density at radius 1 is 1.17 bits per heavy atom. The average Bonchev–Trinajstić information content (AvgIpc) is 2.55. The molecule has 0 radical (unpaired) electrons. The van der Waals surface area contributed by atoms with Crippen LogP contribution in [0, 0.1) is 0 Å². The molecule has 2 atom stereocenters. The van der Waals surface area contributed by atoms with Crippen molar-refractivity contribution in [2.75, 3.05) is 20.8 Å². The lowest BCUT2D eigenvalue weighted by Crippen LogP contribution is -2.48. The lowest BCUT2D eigenvalue weighted by molar-refractivity contribution is -0.129. The van der Waals surface area contributed by atoms with Crippen molar-refractivity contribution in [1.29, 1.82) is 0 Å². The summed E-state index contributed by atoms with van der Waals surface area (Å²) in [5.74, 6) is 0.961. The summed E-state index contributed by atoms with van der Waals surface area (Å²) in [6.45, 7) is 0.00868. The number of benzene rings is 2. The van der Waals surface area contributed by atoms with E-state index in [0.717, 1.165) is 5.56 Å². The van der Waals surface area contributed by atoms with Crippen molar-refractivity contribution in [3.05, 3.63) is 47.5 Å². The molecule has 0 spiro atoms. The van der Waals surface area contributed by atoms with E-state index in [9.17, 15) is 15.3 Å². The number of fused-ring (bicyclic) bond motifs is 1. The minimum absolute atomic E-state index is 0.00868. The zero-order valence-corrected chi connectivity index (χ0v) is 13.5. The molecule has 2 aromatic carbocycles. The highest BCUT2D eigenvalue weighted by Crippen LogP contribution is 2.43. The van der Waals surface area contributed by atoms with Gasteiger partial charge in [-0.1, -0.05) is 6.07 Å². The summed E-state index contributed by atoms with van der Waals surface area (Å²) in [6.07, 6.45) is -0.394. The van der Waals surface area contributed by atoms with Gasteiger partial charge in [0.1, 0.15) is 29.8 Å². The standard InChI is InChI=1S/C18H20O6/c1-22-15-6-3-11(7-14(15)20)9-18(21)10-24-16-8-12(19)4-5-13(16)17(18)23-2/h3-8,17,19-21H,9-10H2,1-2H3/t17-,18+/m0/s1. The fourth-order valence-electron chi connectivity index (χ4n) is 3.12. The lowest BCUT2D eigenvalue weighted by atomic mass is 9.83. The van der Waals surface area contributed by atoms with Crippen LogP contribution in [0.1, 0.15) is 17.2 Å². The van der Waals surface area contributed by atoms with Crippen molar-refractivity contribution >= 4 is 0 Å². The first kappa shape index (κ1) is 16.4. The molecule has 6 nitrogen and oxygen atoms in total. The number of rotatable bonds is 4. The number of hydrogen-bond donors (Lipinski definition) is 3. The third kappa shape index (κ3) is 2.86. The highest BCUT2D eigenvalue weighted by molar-refractivity contribution is 5.46. The topological polar surface area (TPSA) is 88.4 Å². The van der Waals surface area contributed by atoms with Crippen LogP contribution in [0.2, 0.25) is 0 Å². The van der Waals surface area contributed by atoms with Gasteiger partial charge in [-0.25, -0.2) is 0 Å². The van der Waals surface area contributed by atoms with E-state index < -0.39 is 11.7 Å². The molecule has 3 rings (SSSR count). The van der Waals surface area contributed by atoms with E-state index in [1.165, 1.54) is 26.4 Å². The van der Waals surface area contributed by atoms with Crippen molar-refractivity contribution in [2.24, 2.45) is 0 Å². The Bertz CT molecular complexity index is 744. The molecule has 1 aliphatic rings. The molecule has 0 amide bonds. The predicted molar refractivity (Wildman–Crippen MR) is 86.7 cm³/mol. The molecular formula is C18H20O6. The van der Waals surface area contributed by atoms with Crippen LogP contribution in [0.25, 0.3) is 0 Å². The van der Waals surface area contributed by atoms with Crippen LogP contribution in [0.5, 0.6) is 23.0 Å². The summed E-state index contributed by atoms with van der Waals surface area (Å²) in [5.41, 5.74) is 0.0881. The van der Waals surface area contributed by atoms with E-state index in [1.807, 2.05) is 0 Å². The minimum atomic E-state index is -1.31. The fraction of sp³-hybridized carbons (Fsp3) is 0.333. The Kier molecular flexibility index (Phi) is 4.26. The van der Waals surface area contributed by atoms with Gasteiger partial charge in [-0.3, -0.25) is 0 Å². The minimum Gasteiger partial charge on any atom is -0.508 e. The third-order valence-corrected chi connectivity index (χ3v) is 4.23. The lowest BCUT2D eigenvalue weighted by Gasteiger charge is -2.40. The summed E-state index contributed by atoms with van der Waals surface area (Å²) in [5, 5.41) is 30.6. The van der Waals surface area contributed by atoms with Crippen molar-refractivity contribution in [1.82, 2.24) is 0 Å². The molecule has 0 aliphatic carbocycles. The van der Waals surface area contributed by atoms with Crippen molar-refractivity contribution in [3.63, 3.8) is 0 Å². The second kappa shape index (κ2) is 6.22. The average molecular weight is 332 g/mol. The molecule has 0 saturated carbocycles. The number of methoxy groups -OCH3 is 2. The van der Waals surface area contributed by atoms with Crippen molar-refractivity contribution in [3.8, 4) is 23.0 Å². The molecule has 128 valence electrons. The Hall–Kier alpha value is -2.44. The molecule has 0 fully saturated rings. The van der Waals surface area contributed by atoms with Gasteiger partial charge in [0.25, 0.3) is 0 Å². The van der Waals surface area contributed by atoms with Gasteiger partial charge in [-0.15, -0.1) is 0 Å². The first-order valence-corrected chi connectivity index (χ1v) is 7.53. The molecule has 0 bridgehead atoms. The van der Waals surface area contributed by atoms with Gasteiger partial charge in [0.15, 0.2) is 11.5 Å². The predicted octanol–water partition coefficient (Wildman–Crippen LogP) is 2.16. The Morgan fingerprint density at radius 2 is 1.96 bits per heavy atom. The van der Waals surface area contributed by atoms with E-state index in [1.54, 1.807) is 24.3 Å². The van der Waals surface area contributed by atoms with Gasteiger partial charge in [0.05, 0.1) is 7.11 Å². The molecule has 0 unspecified atom stereocenters. The van der Waals surface area contributed by atoms with Gasteiger partial charge >= 0.3 is 0 Å². The zero-order chi connectivity index (χ0) is 17.3. The van der Waals surface area contributed by atoms with E-state index in [2.05, 4.69) is 0 Å². The number of hydrogen-bond acceptors (Lipinski definition) is 6. The third-order valence-electron chi connectivity index (χ3n) is 4.23. The van der Waals surface area contributed by atoms with E-state index in [-0.39, 0.29) is 24.5 Å². The van der Waals surface area contributed by atoms with Crippen molar-refractivity contribution < 1.29 is 29.5 Å². The summed E-state index contributed by atoms with van der Waals surface area (Å²) in [6, 6.07) is 9.67. The molecule has 0 aromatic heterocycles. The SMILES string of the molecule is COc1ccc(C[C@@]2(O)COc3cc(O)ccc3[C@@H]2OC)cc1O.